The summed E-state index contributed by atoms with van der Waals surface area (Å²) in [6, 6.07) is 3.75. The van der Waals surface area contributed by atoms with Gasteiger partial charge in [-0.2, -0.15) is 0 Å². The normalized spacial score (nSPS) is 10.5. The molecule has 1 aromatic heterocycles. The summed E-state index contributed by atoms with van der Waals surface area (Å²) in [7, 11) is 0. The van der Waals surface area contributed by atoms with Crippen molar-refractivity contribution in [3.8, 4) is 5.88 Å². The summed E-state index contributed by atoms with van der Waals surface area (Å²) in [5, 5.41) is 11.6. The van der Waals surface area contributed by atoms with Gasteiger partial charge in [0.05, 0.1) is 12.5 Å². The van der Waals surface area contributed by atoms with E-state index in [9.17, 15) is 4.79 Å². The van der Waals surface area contributed by atoms with Gasteiger partial charge in [-0.05, 0) is 19.9 Å². The predicted octanol–water partition coefficient (Wildman–Crippen LogP) is 1.43. The standard InChI is InChI=1S/C12H18N2O3/c1-9(2)17-12-10(4-3-6-14-12)8-13-7-5-11(15)16/h3-4,6,9,13H,5,7-8H2,1-2H3,(H,15,16). The molecule has 0 saturated carbocycles. The highest BCUT2D eigenvalue weighted by atomic mass is 16.5. The van der Waals surface area contributed by atoms with Crippen molar-refractivity contribution in [2.75, 3.05) is 6.54 Å². The van der Waals surface area contributed by atoms with Crippen LogP contribution in [0.3, 0.4) is 0 Å². The average Bonchev–Trinajstić information content (AvgIpc) is 2.25. The van der Waals surface area contributed by atoms with Gasteiger partial charge in [0.1, 0.15) is 0 Å². The molecule has 0 unspecified atom stereocenters. The second-order valence-electron chi connectivity index (χ2n) is 3.95. The zero-order valence-corrected chi connectivity index (χ0v) is 10.1. The molecule has 5 heteroatoms. The van der Waals surface area contributed by atoms with Gasteiger partial charge in [-0.1, -0.05) is 6.07 Å². The van der Waals surface area contributed by atoms with Crippen LogP contribution in [0.4, 0.5) is 0 Å². The molecular weight excluding hydrogens is 220 g/mol. The van der Waals surface area contributed by atoms with E-state index in [-0.39, 0.29) is 12.5 Å². The number of hydrogen-bond acceptors (Lipinski definition) is 4. The molecule has 0 aliphatic carbocycles. The first-order valence-corrected chi connectivity index (χ1v) is 5.62. The SMILES string of the molecule is CC(C)Oc1ncccc1CNCCC(=O)O. The molecule has 0 aliphatic heterocycles. The molecule has 94 valence electrons. The Morgan fingerprint density at radius 1 is 1.59 bits per heavy atom. The van der Waals surface area contributed by atoms with Crippen LogP contribution in [-0.2, 0) is 11.3 Å². The third-order valence-electron chi connectivity index (χ3n) is 2.03. The van der Waals surface area contributed by atoms with Crippen molar-refractivity contribution >= 4 is 5.97 Å². The second-order valence-corrected chi connectivity index (χ2v) is 3.95. The molecule has 0 bridgehead atoms. The molecule has 0 radical (unpaired) electrons. The van der Waals surface area contributed by atoms with Crippen molar-refractivity contribution in [1.29, 1.82) is 0 Å². The summed E-state index contributed by atoms with van der Waals surface area (Å²) in [6.45, 7) is 4.88. The van der Waals surface area contributed by atoms with Crippen LogP contribution in [0.1, 0.15) is 25.8 Å². The lowest BCUT2D eigenvalue weighted by atomic mass is 10.2. The van der Waals surface area contributed by atoms with Crippen molar-refractivity contribution in [1.82, 2.24) is 10.3 Å². The minimum Gasteiger partial charge on any atom is -0.481 e. The Balaban J connectivity index is 2.49. The summed E-state index contributed by atoms with van der Waals surface area (Å²) in [6.07, 6.45) is 1.86. The van der Waals surface area contributed by atoms with Gasteiger partial charge in [-0.25, -0.2) is 4.98 Å². The molecule has 0 atom stereocenters. The van der Waals surface area contributed by atoms with Crippen LogP contribution in [0.25, 0.3) is 0 Å². The Bertz CT molecular complexity index is 367. The summed E-state index contributed by atoms with van der Waals surface area (Å²) in [5.41, 5.74) is 0.937. The molecule has 1 heterocycles. The van der Waals surface area contributed by atoms with Gasteiger partial charge >= 0.3 is 5.97 Å². The molecule has 0 aromatic carbocycles. The van der Waals surface area contributed by atoms with Gasteiger partial charge in [0.25, 0.3) is 0 Å². The maximum Gasteiger partial charge on any atom is 0.304 e. The maximum atomic E-state index is 10.3. The molecule has 0 saturated heterocycles. The molecular formula is C12H18N2O3. The van der Waals surface area contributed by atoms with Gasteiger partial charge in [-0.3, -0.25) is 4.79 Å². The number of carboxylic acid groups (broad SMARTS) is 1. The number of rotatable bonds is 7. The second kappa shape index (κ2) is 6.85. The van der Waals surface area contributed by atoms with Crippen molar-refractivity contribution in [3.63, 3.8) is 0 Å². The average molecular weight is 238 g/mol. The first kappa shape index (κ1) is 13.4. The number of pyridine rings is 1. The number of aliphatic carboxylic acids is 1. The van der Waals surface area contributed by atoms with Crippen LogP contribution in [0.2, 0.25) is 0 Å². The van der Waals surface area contributed by atoms with Gasteiger partial charge in [0.15, 0.2) is 0 Å². The predicted molar refractivity (Wildman–Crippen MR) is 64.0 cm³/mol. The highest BCUT2D eigenvalue weighted by Gasteiger charge is 2.06. The summed E-state index contributed by atoms with van der Waals surface area (Å²) < 4.78 is 5.56. The molecule has 17 heavy (non-hydrogen) atoms. The quantitative estimate of drug-likeness (QED) is 0.703. The van der Waals surface area contributed by atoms with Crippen molar-refractivity contribution < 1.29 is 14.6 Å². The van der Waals surface area contributed by atoms with Gasteiger partial charge < -0.3 is 15.2 Å². The largest absolute Gasteiger partial charge is 0.481 e. The van der Waals surface area contributed by atoms with Crippen LogP contribution in [-0.4, -0.2) is 28.7 Å². The van der Waals surface area contributed by atoms with Crippen LogP contribution < -0.4 is 10.1 Å². The first-order chi connectivity index (χ1) is 8.09. The van der Waals surface area contributed by atoms with Crippen molar-refractivity contribution in [3.05, 3.63) is 23.9 Å². The third-order valence-corrected chi connectivity index (χ3v) is 2.03. The number of nitrogens with zero attached hydrogens (tertiary/aromatic N) is 1. The Labute approximate surface area is 101 Å². The highest BCUT2D eigenvalue weighted by molar-refractivity contribution is 5.66. The Morgan fingerprint density at radius 2 is 2.35 bits per heavy atom. The van der Waals surface area contributed by atoms with Gasteiger partial charge in [0, 0.05) is 24.8 Å². The van der Waals surface area contributed by atoms with E-state index in [1.54, 1.807) is 6.20 Å². The number of nitrogens with one attached hydrogen (secondary N) is 1. The van der Waals surface area contributed by atoms with E-state index < -0.39 is 5.97 Å². The summed E-state index contributed by atoms with van der Waals surface area (Å²) >= 11 is 0. The third kappa shape index (κ3) is 5.31. The lowest BCUT2D eigenvalue weighted by Crippen LogP contribution is -2.19. The minimum atomic E-state index is -0.803. The molecule has 1 rings (SSSR count). The van der Waals surface area contributed by atoms with E-state index in [0.717, 1.165) is 5.56 Å². The topological polar surface area (TPSA) is 71.5 Å². The fourth-order valence-electron chi connectivity index (χ4n) is 1.31. The van der Waals surface area contributed by atoms with Crippen LogP contribution in [0, 0.1) is 0 Å². The molecule has 0 aliphatic rings. The molecule has 0 amide bonds. The fourth-order valence-corrected chi connectivity index (χ4v) is 1.31. The van der Waals surface area contributed by atoms with E-state index in [2.05, 4.69) is 10.3 Å². The first-order valence-electron chi connectivity index (χ1n) is 5.62. The molecule has 0 fully saturated rings. The van der Waals surface area contributed by atoms with Crippen LogP contribution in [0.15, 0.2) is 18.3 Å². The zero-order chi connectivity index (χ0) is 12.7. The van der Waals surface area contributed by atoms with Crippen LogP contribution in [0.5, 0.6) is 5.88 Å². The number of carbonyl (C=O) groups is 1. The van der Waals surface area contributed by atoms with E-state index in [1.165, 1.54) is 0 Å². The molecule has 2 N–H and O–H groups in total. The lowest BCUT2D eigenvalue weighted by Gasteiger charge is -2.12. The Kier molecular flexibility index (Phi) is 5.42. The maximum absolute atomic E-state index is 10.3. The highest BCUT2D eigenvalue weighted by Crippen LogP contribution is 2.15. The lowest BCUT2D eigenvalue weighted by molar-refractivity contribution is -0.136. The number of hydrogen-bond donors (Lipinski definition) is 2. The smallest absolute Gasteiger partial charge is 0.304 e. The zero-order valence-electron chi connectivity index (χ0n) is 10.1. The van der Waals surface area contributed by atoms with Crippen molar-refractivity contribution in [2.24, 2.45) is 0 Å². The van der Waals surface area contributed by atoms with E-state index in [0.29, 0.717) is 19.0 Å². The monoisotopic (exact) mass is 238 g/mol. The van der Waals surface area contributed by atoms with Gasteiger partial charge in [0.2, 0.25) is 5.88 Å². The molecule has 1 aromatic rings. The summed E-state index contributed by atoms with van der Waals surface area (Å²) in [5.74, 6) is -0.201. The molecule has 5 nitrogen and oxygen atoms in total. The van der Waals surface area contributed by atoms with Crippen LogP contribution >= 0.6 is 0 Å². The minimum absolute atomic E-state index is 0.0719. The van der Waals surface area contributed by atoms with Crippen molar-refractivity contribution in [2.45, 2.75) is 32.9 Å². The van der Waals surface area contributed by atoms with E-state index in [1.807, 2.05) is 26.0 Å². The number of ether oxygens (including phenoxy) is 1. The Morgan fingerprint density at radius 3 is 3.00 bits per heavy atom. The van der Waals surface area contributed by atoms with E-state index >= 15 is 0 Å². The summed E-state index contributed by atoms with van der Waals surface area (Å²) in [4.78, 5) is 14.5. The fraction of sp³-hybridized carbons (Fsp3) is 0.500. The molecule has 0 spiro atoms. The van der Waals surface area contributed by atoms with Gasteiger partial charge in [-0.15, -0.1) is 0 Å². The Hall–Kier alpha value is -1.62. The number of carboxylic acids is 1. The number of aromatic nitrogens is 1. The van der Waals surface area contributed by atoms with E-state index in [4.69, 9.17) is 9.84 Å².